The summed E-state index contributed by atoms with van der Waals surface area (Å²) in [5, 5.41) is 19.6. The van der Waals surface area contributed by atoms with Gasteiger partial charge in [0.05, 0.1) is 33.0 Å². The second-order valence-electron chi connectivity index (χ2n) is 5.64. The van der Waals surface area contributed by atoms with Crippen LogP contribution in [0.25, 0.3) is 0 Å². The Morgan fingerprint density at radius 3 is 1.69 bits per heavy atom. The highest BCUT2D eigenvalue weighted by Gasteiger charge is 2.44. The van der Waals surface area contributed by atoms with Crippen LogP contribution < -0.4 is 0 Å². The second-order valence-corrected chi connectivity index (χ2v) is 5.64. The molecule has 0 aliphatic carbocycles. The molecule has 6 nitrogen and oxygen atoms in total. The minimum absolute atomic E-state index is 0.0758. The molecule has 2 aromatic rings. The molecule has 0 fully saturated rings. The highest BCUT2D eigenvalue weighted by atomic mass is 16.5. The van der Waals surface area contributed by atoms with Gasteiger partial charge in [0, 0.05) is 11.1 Å². The Hall–Kier alpha value is -2.38. The molecule has 2 aromatic carbocycles. The van der Waals surface area contributed by atoms with Gasteiger partial charge < -0.3 is 19.7 Å². The van der Waals surface area contributed by atoms with Gasteiger partial charge in [0.2, 0.25) is 17.2 Å². The first kappa shape index (κ1) is 19.9. The zero-order valence-electron chi connectivity index (χ0n) is 14.3. The van der Waals surface area contributed by atoms with Crippen molar-refractivity contribution in [3.05, 3.63) is 71.8 Å². The molecule has 0 aromatic heterocycles. The Bertz CT molecular complexity index is 647. The van der Waals surface area contributed by atoms with Crippen molar-refractivity contribution < 1.29 is 29.3 Å². The molecular weight excluding hydrogens is 336 g/mol. The van der Waals surface area contributed by atoms with Gasteiger partial charge in [-0.3, -0.25) is 9.59 Å². The lowest BCUT2D eigenvalue weighted by Gasteiger charge is -2.25. The predicted molar refractivity (Wildman–Crippen MR) is 95.2 cm³/mol. The fourth-order valence-corrected chi connectivity index (χ4v) is 2.40. The molecule has 0 radical (unpaired) electrons. The maximum atomic E-state index is 12.8. The van der Waals surface area contributed by atoms with Crippen LogP contribution in [-0.2, 0) is 9.47 Å². The SMILES string of the molecule is O=C(c1ccccc1)C(O)(COCCOCCO)C(=O)c1ccccc1. The predicted octanol–water partition coefficient (Wildman–Crippen LogP) is 1.51. The standard InChI is InChI=1S/C20H22O6/c21-11-12-25-13-14-26-15-20(24,18(22)16-7-3-1-4-8-16)19(23)17-9-5-2-6-10-17/h1-10,21,24H,11-15H2. The topological polar surface area (TPSA) is 93.1 Å². The van der Waals surface area contributed by atoms with Crippen molar-refractivity contribution in [3.63, 3.8) is 0 Å². The van der Waals surface area contributed by atoms with Gasteiger partial charge >= 0.3 is 0 Å². The van der Waals surface area contributed by atoms with E-state index in [4.69, 9.17) is 14.6 Å². The van der Waals surface area contributed by atoms with Crippen LogP contribution in [0.2, 0.25) is 0 Å². The van der Waals surface area contributed by atoms with E-state index in [9.17, 15) is 14.7 Å². The van der Waals surface area contributed by atoms with E-state index in [1.54, 1.807) is 36.4 Å². The molecule has 2 N–H and O–H groups in total. The number of hydrogen-bond acceptors (Lipinski definition) is 6. The number of Topliss-reactive ketones (excluding diaryl/α,β-unsaturated/α-hetero) is 2. The van der Waals surface area contributed by atoms with E-state index in [0.717, 1.165) is 0 Å². The lowest BCUT2D eigenvalue weighted by molar-refractivity contribution is -0.0310. The summed E-state index contributed by atoms with van der Waals surface area (Å²) in [6, 6.07) is 16.3. The molecule has 0 bridgehead atoms. The van der Waals surface area contributed by atoms with Crippen LogP contribution in [0.5, 0.6) is 0 Å². The average molecular weight is 358 g/mol. The normalized spacial score (nSPS) is 11.3. The van der Waals surface area contributed by atoms with Crippen molar-refractivity contribution in [1.29, 1.82) is 0 Å². The molecule has 26 heavy (non-hydrogen) atoms. The summed E-state index contributed by atoms with van der Waals surface area (Å²) in [6.07, 6.45) is 0. The number of benzene rings is 2. The van der Waals surface area contributed by atoms with Crippen molar-refractivity contribution >= 4 is 11.6 Å². The minimum Gasteiger partial charge on any atom is -0.394 e. The van der Waals surface area contributed by atoms with Gasteiger partial charge in [-0.15, -0.1) is 0 Å². The molecule has 6 heteroatoms. The number of aliphatic hydroxyl groups excluding tert-OH is 1. The van der Waals surface area contributed by atoms with Crippen molar-refractivity contribution in [2.45, 2.75) is 5.60 Å². The Morgan fingerprint density at radius 1 is 0.769 bits per heavy atom. The van der Waals surface area contributed by atoms with E-state index in [0.29, 0.717) is 0 Å². The van der Waals surface area contributed by atoms with E-state index in [1.165, 1.54) is 24.3 Å². The third kappa shape index (κ3) is 5.06. The van der Waals surface area contributed by atoms with Crippen LogP contribution in [0.15, 0.2) is 60.7 Å². The average Bonchev–Trinajstić information content (AvgIpc) is 2.70. The van der Waals surface area contributed by atoms with Crippen molar-refractivity contribution in [1.82, 2.24) is 0 Å². The van der Waals surface area contributed by atoms with Crippen LogP contribution in [0, 0.1) is 0 Å². The third-order valence-corrected chi connectivity index (χ3v) is 3.74. The summed E-state index contributed by atoms with van der Waals surface area (Å²) in [5.74, 6) is -1.44. The molecular formula is C20H22O6. The van der Waals surface area contributed by atoms with Crippen molar-refractivity contribution in [2.24, 2.45) is 0 Å². The lowest BCUT2D eigenvalue weighted by Crippen LogP contribution is -2.51. The van der Waals surface area contributed by atoms with Crippen molar-refractivity contribution in [3.8, 4) is 0 Å². The molecule has 0 saturated carbocycles. The summed E-state index contributed by atoms with van der Waals surface area (Å²) in [4.78, 5) is 25.7. The number of carbonyl (C=O) groups is 2. The first-order valence-electron chi connectivity index (χ1n) is 8.28. The highest BCUT2D eigenvalue weighted by molar-refractivity contribution is 6.22. The van der Waals surface area contributed by atoms with Gasteiger partial charge in [0.25, 0.3) is 0 Å². The number of carbonyl (C=O) groups excluding carboxylic acids is 2. The van der Waals surface area contributed by atoms with Crippen LogP contribution in [0.4, 0.5) is 0 Å². The summed E-state index contributed by atoms with van der Waals surface area (Å²) < 4.78 is 10.4. The molecule has 0 aliphatic rings. The lowest BCUT2D eigenvalue weighted by atomic mass is 9.86. The van der Waals surface area contributed by atoms with E-state index in [-0.39, 0.29) is 37.6 Å². The number of rotatable bonds is 11. The monoisotopic (exact) mass is 358 g/mol. The fraction of sp³-hybridized carbons (Fsp3) is 0.300. The van der Waals surface area contributed by atoms with E-state index >= 15 is 0 Å². The maximum Gasteiger partial charge on any atom is 0.214 e. The molecule has 0 amide bonds. The number of ether oxygens (including phenoxy) is 2. The fourth-order valence-electron chi connectivity index (χ4n) is 2.40. The Morgan fingerprint density at radius 2 is 1.23 bits per heavy atom. The van der Waals surface area contributed by atoms with Crippen LogP contribution >= 0.6 is 0 Å². The first-order chi connectivity index (χ1) is 12.6. The van der Waals surface area contributed by atoms with E-state index in [2.05, 4.69) is 0 Å². The Kier molecular flexibility index (Phi) is 7.62. The van der Waals surface area contributed by atoms with E-state index < -0.39 is 23.8 Å². The number of aliphatic hydroxyl groups is 2. The Balaban J connectivity index is 2.17. The van der Waals surface area contributed by atoms with Gasteiger partial charge in [-0.2, -0.15) is 0 Å². The minimum atomic E-state index is -2.33. The van der Waals surface area contributed by atoms with Gasteiger partial charge in [-0.05, 0) is 0 Å². The Labute approximate surface area is 152 Å². The summed E-state index contributed by atoms with van der Waals surface area (Å²) >= 11 is 0. The second kappa shape index (κ2) is 9.94. The molecule has 0 aliphatic heterocycles. The zero-order valence-corrected chi connectivity index (χ0v) is 14.3. The van der Waals surface area contributed by atoms with Crippen LogP contribution in [0.3, 0.4) is 0 Å². The molecule has 0 atom stereocenters. The summed E-state index contributed by atoms with van der Waals surface area (Å²) in [5.41, 5.74) is -1.89. The van der Waals surface area contributed by atoms with Gasteiger partial charge in [-0.1, -0.05) is 60.7 Å². The smallest absolute Gasteiger partial charge is 0.214 e. The molecule has 2 rings (SSSR count). The van der Waals surface area contributed by atoms with Gasteiger partial charge in [-0.25, -0.2) is 0 Å². The van der Waals surface area contributed by atoms with E-state index in [1.807, 2.05) is 0 Å². The third-order valence-electron chi connectivity index (χ3n) is 3.74. The van der Waals surface area contributed by atoms with Gasteiger partial charge in [0.15, 0.2) is 0 Å². The summed E-state index contributed by atoms with van der Waals surface area (Å²) in [7, 11) is 0. The van der Waals surface area contributed by atoms with Crippen LogP contribution in [0.1, 0.15) is 20.7 Å². The number of hydrogen-bond donors (Lipinski definition) is 2. The highest BCUT2D eigenvalue weighted by Crippen LogP contribution is 2.20. The van der Waals surface area contributed by atoms with Crippen LogP contribution in [-0.4, -0.2) is 60.4 Å². The van der Waals surface area contributed by atoms with Gasteiger partial charge in [0.1, 0.15) is 0 Å². The number of ketones is 2. The molecule has 0 spiro atoms. The molecule has 0 unspecified atom stereocenters. The largest absolute Gasteiger partial charge is 0.394 e. The first-order valence-corrected chi connectivity index (χ1v) is 8.28. The molecule has 0 saturated heterocycles. The quantitative estimate of drug-likeness (QED) is 0.359. The molecule has 138 valence electrons. The van der Waals surface area contributed by atoms with Crippen molar-refractivity contribution in [2.75, 3.05) is 33.0 Å². The zero-order chi connectivity index (χ0) is 18.8. The summed E-state index contributed by atoms with van der Waals surface area (Å²) in [6.45, 7) is -0.179. The maximum absolute atomic E-state index is 12.8. The molecule has 0 heterocycles.